The van der Waals surface area contributed by atoms with Gasteiger partial charge in [0.05, 0.1) is 25.1 Å². The Kier molecular flexibility index (Phi) is 8.23. The van der Waals surface area contributed by atoms with Crippen molar-refractivity contribution < 1.29 is 17.9 Å². The molecule has 0 aromatic heterocycles. The second kappa shape index (κ2) is 10.1. The topological polar surface area (TPSA) is 75.7 Å². The van der Waals surface area contributed by atoms with Crippen LogP contribution in [-0.2, 0) is 14.8 Å². The van der Waals surface area contributed by atoms with Gasteiger partial charge in [-0.15, -0.1) is 0 Å². The first-order valence-corrected chi connectivity index (χ1v) is 12.7. The quantitative estimate of drug-likeness (QED) is 0.568. The van der Waals surface area contributed by atoms with E-state index in [1.54, 1.807) is 39.2 Å². The van der Waals surface area contributed by atoms with E-state index in [0.717, 1.165) is 33.0 Å². The summed E-state index contributed by atoms with van der Waals surface area (Å²) in [6.45, 7) is 11.4. The zero-order chi connectivity index (χ0) is 24.4. The van der Waals surface area contributed by atoms with E-state index in [1.165, 1.54) is 0 Å². The number of hydrogen-bond donors (Lipinski definition) is 1. The van der Waals surface area contributed by atoms with E-state index in [9.17, 15) is 13.2 Å². The standard InChI is InChI=1S/C24H33ClN2O4S/c1-14(2)20-13-21(16(4)11-23(20)31-7)17(5)26-24(28)18(6)27(32(8,29)30)22-12-19(25)10-9-15(22)3/h9-14,17-18H,1-8H3,(H,26,28)/t17-,18-/m0/s1. The number of rotatable bonds is 8. The number of hydrogen-bond acceptors (Lipinski definition) is 4. The molecule has 2 atom stereocenters. The van der Waals surface area contributed by atoms with Crippen LogP contribution in [0.15, 0.2) is 30.3 Å². The molecular formula is C24H33ClN2O4S. The van der Waals surface area contributed by atoms with Crippen molar-refractivity contribution in [3.05, 3.63) is 57.6 Å². The summed E-state index contributed by atoms with van der Waals surface area (Å²) in [5, 5.41) is 3.38. The zero-order valence-corrected chi connectivity index (χ0v) is 21.6. The predicted octanol–water partition coefficient (Wildman–Crippen LogP) is 5.12. The van der Waals surface area contributed by atoms with Gasteiger partial charge in [-0.1, -0.05) is 31.5 Å². The smallest absolute Gasteiger partial charge is 0.244 e. The van der Waals surface area contributed by atoms with Gasteiger partial charge in [0.15, 0.2) is 0 Å². The van der Waals surface area contributed by atoms with Crippen molar-refractivity contribution >= 4 is 33.2 Å². The molecule has 2 aromatic rings. The van der Waals surface area contributed by atoms with Gasteiger partial charge in [-0.05, 0) is 80.1 Å². The Morgan fingerprint density at radius 1 is 1.03 bits per heavy atom. The number of ether oxygens (including phenoxy) is 1. The van der Waals surface area contributed by atoms with Gasteiger partial charge in [0.25, 0.3) is 0 Å². The third kappa shape index (κ3) is 5.75. The minimum Gasteiger partial charge on any atom is -0.496 e. The molecule has 0 aliphatic rings. The largest absolute Gasteiger partial charge is 0.496 e. The maximum absolute atomic E-state index is 13.2. The Morgan fingerprint density at radius 2 is 1.66 bits per heavy atom. The SMILES string of the molecule is COc1cc(C)c([C@H](C)NC(=O)[C@H](C)N(c2cc(Cl)ccc2C)S(C)(=O)=O)cc1C(C)C. The minimum atomic E-state index is -3.74. The van der Waals surface area contributed by atoms with Crippen LogP contribution in [0.3, 0.4) is 0 Å². The summed E-state index contributed by atoms with van der Waals surface area (Å²) in [6.07, 6.45) is 1.09. The van der Waals surface area contributed by atoms with Gasteiger partial charge in [0.2, 0.25) is 15.9 Å². The van der Waals surface area contributed by atoms with Gasteiger partial charge < -0.3 is 10.1 Å². The lowest BCUT2D eigenvalue weighted by Crippen LogP contribution is -2.48. The molecule has 0 spiro atoms. The van der Waals surface area contributed by atoms with Gasteiger partial charge in [-0.25, -0.2) is 8.42 Å². The first kappa shape index (κ1) is 26.0. The first-order valence-electron chi connectivity index (χ1n) is 10.5. The molecule has 0 saturated carbocycles. The lowest BCUT2D eigenvalue weighted by Gasteiger charge is -2.31. The number of sulfonamides is 1. The highest BCUT2D eigenvalue weighted by Crippen LogP contribution is 2.33. The summed E-state index contributed by atoms with van der Waals surface area (Å²) in [5.74, 6) is 0.661. The molecular weight excluding hydrogens is 448 g/mol. The number of amides is 1. The third-order valence-corrected chi connectivity index (χ3v) is 7.03. The molecule has 0 aliphatic carbocycles. The summed E-state index contributed by atoms with van der Waals surface area (Å²) in [5.41, 5.74) is 4.09. The number of carbonyl (C=O) groups is 1. The van der Waals surface area contributed by atoms with E-state index in [-0.39, 0.29) is 12.0 Å². The van der Waals surface area contributed by atoms with Crippen molar-refractivity contribution in [2.75, 3.05) is 17.7 Å². The van der Waals surface area contributed by atoms with Crippen molar-refractivity contribution in [2.24, 2.45) is 0 Å². The molecule has 2 rings (SSSR count). The number of aryl methyl sites for hydroxylation is 2. The summed E-state index contributed by atoms with van der Waals surface area (Å²) in [6, 6.07) is 7.71. The van der Waals surface area contributed by atoms with Crippen LogP contribution in [0, 0.1) is 13.8 Å². The molecule has 1 N–H and O–H groups in total. The monoisotopic (exact) mass is 480 g/mol. The highest BCUT2D eigenvalue weighted by molar-refractivity contribution is 7.92. The fraction of sp³-hybridized carbons (Fsp3) is 0.458. The van der Waals surface area contributed by atoms with Crippen LogP contribution >= 0.6 is 11.6 Å². The van der Waals surface area contributed by atoms with Gasteiger partial charge in [0, 0.05) is 5.02 Å². The minimum absolute atomic E-state index is 0.248. The van der Waals surface area contributed by atoms with Crippen LogP contribution in [-0.4, -0.2) is 33.7 Å². The van der Waals surface area contributed by atoms with Crippen molar-refractivity contribution in [1.82, 2.24) is 5.32 Å². The molecule has 8 heteroatoms. The summed E-state index contributed by atoms with van der Waals surface area (Å²) < 4.78 is 31.9. The molecule has 0 bridgehead atoms. The molecule has 0 radical (unpaired) electrons. The van der Waals surface area contributed by atoms with Crippen LogP contribution in [0.2, 0.25) is 5.02 Å². The maximum Gasteiger partial charge on any atom is 0.244 e. The fourth-order valence-corrected chi connectivity index (χ4v) is 5.21. The van der Waals surface area contributed by atoms with Gasteiger partial charge in [-0.2, -0.15) is 0 Å². The van der Waals surface area contributed by atoms with Crippen LogP contribution in [0.5, 0.6) is 5.75 Å². The number of halogens is 1. The Morgan fingerprint density at radius 3 is 2.19 bits per heavy atom. The van der Waals surface area contributed by atoms with E-state index in [4.69, 9.17) is 16.3 Å². The van der Waals surface area contributed by atoms with Crippen molar-refractivity contribution in [3.8, 4) is 5.75 Å². The van der Waals surface area contributed by atoms with E-state index in [0.29, 0.717) is 16.3 Å². The normalized spacial score (nSPS) is 13.6. The summed E-state index contributed by atoms with van der Waals surface area (Å²) in [4.78, 5) is 13.2. The molecule has 0 fully saturated rings. The van der Waals surface area contributed by atoms with E-state index in [1.807, 2.05) is 26.0 Å². The second-order valence-electron chi connectivity index (χ2n) is 8.50. The molecule has 0 aliphatic heterocycles. The lowest BCUT2D eigenvalue weighted by atomic mass is 9.93. The third-order valence-electron chi connectivity index (χ3n) is 5.56. The molecule has 6 nitrogen and oxygen atoms in total. The summed E-state index contributed by atoms with van der Waals surface area (Å²) in [7, 11) is -2.10. The van der Waals surface area contributed by atoms with Crippen LogP contribution in [0.1, 0.15) is 61.9 Å². The number of anilines is 1. The molecule has 0 saturated heterocycles. The number of nitrogens with one attached hydrogen (secondary N) is 1. The number of benzene rings is 2. The predicted molar refractivity (Wildman–Crippen MR) is 131 cm³/mol. The Hall–Kier alpha value is -2.25. The number of nitrogens with zero attached hydrogens (tertiary/aromatic N) is 1. The van der Waals surface area contributed by atoms with Crippen molar-refractivity contribution in [1.29, 1.82) is 0 Å². The second-order valence-corrected chi connectivity index (χ2v) is 10.8. The van der Waals surface area contributed by atoms with Crippen molar-refractivity contribution in [2.45, 2.75) is 59.5 Å². The molecule has 176 valence electrons. The van der Waals surface area contributed by atoms with Gasteiger partial charge >= 0.3 is 0 Å². The molecule has 0 unspecified atom stereocenters. The number of methoxy groups -OCH3 is 1. The van der Waals surface area contributed by atoms with Crippen LogP contribution in [0.25, 0.3) is 0 Å². The molecule has 2 aromatic carbocycles. The van der Waals surface area contributed by atoms with Crippen LogP contribution in [0.4, 0.5) is 5.69 Å². The van der Waals surface area contributed by atoms with Gasteiger partial charge in [-0.3, -0.25) is 9.10 Å². The Balaban J connectivity index is 2.38. The average Bonchev–Trinajstić information content (AvgIpc) is 2.68. The van der Waals surface area contributed by atoms with Crippen molar-refractivity contribution in [3.63, 3.8) is 0 Å². The maximum atomic E-state index is 13.2. The average molecular weight is 481 g/mol. The van der Waals surface area contributed by atoms with E-state index >= 15 is 0 Å². The van der Waals surface area contributed by atoms with Gasteiger partial charge in [0.1, 0.15) is 11.8 Å². The molecule has 0 heterocycles. The Labute approximate surface area is 197 Å². The van der Waals surface area contributed by atoms with Crippen LogP contribution < -0.4 is 14.4 Å². The Bertz CT molecular complexity index is 1100. The van der Waals surface area contributed by atoms with E-state index in [2.05, 4.69) is 19.2 Å². The number of carbonyl (C=O) groups excluding carboxylic acids is 1. The zero-order valence-electron chi connectivity index (χ0n) is 20.0. The fourth-order valence-electron chi connectivity index (χ4n) is 3.82. The summed E-state index contributed by atoms with van der Waals surface area (Å²) >= 11 is 6.11. The highest BCUT2D eigenvalue weighted by Gasteiger charge is 2.31. The molecule has 32 heavy (non-hydrogen) atoms. The molecule has 1 amide bonds. The highest BCUT2D eigenvalue weighted by atomic mass is 35.5. The van der Waals surface area contributed by atoms with E-state index < -0.39 is 22.0 Å². The first-order chi connectivity index (χ1) is 14.8. The lowest BCUT2D eigenvalue weighted by molar-refractivity contribution is -0.122.